The van der Waals surface area contributed by atoms with Crippen LogP contribution in [0.3, 0.4) is 0 Å². The van der Waals surface area contributed by atoms with Gasteiger partial charge in [-0.3, -0.25) is 0 Å². The molecule has 1 aliphatic heterocycles. The molecule has 15 heavy (non-hydrogen) atoms. The van der Waals surface area contributed by atoms with Crippen molar-refractivity contribution in [3.63, 3.8) is 0 Å². The number of nitrogens with one attached hydrogen (secondary N) is 1. The average molecular weight is 236 g/mol. The number of hydrogen-bond acceptors (Lipinski definition) is 3. The van der Waals surface area contributed by atoms with Crippen LogP contribution in [-0.2, 0) is 10.2 Å². The quantitative estimate of drug-likeness (QED) is 0.729. The van der Waals surface area contributed by atoms with Crippen LogP contribution in [0.5, 0.6) is 0 Å². The highest BCUT2D eigenvalue weighted by Gasteiger charge is 2.33. The van der Waals surface area contributed by atoms with Crippen LogP contribution >= 0.6 is 0 Å². The maximum absolute atomic E-state index is 11.7. The summed E-state index contributed by atoms with van der Waals surface area (Å²) in [6.07, 6.45) is 0.984. The third-order valence-corrected chi connectivity index (χ3v) is 4.34. The van der Waals surface area contributed by atoms with E-state index in [1.165, 1.54) is 4.31 Å². The van der Waals surface area contributed by atoms with E-state index < -0.39 is 15.8 Å². The lowest BCUT2D eigenvalue weighted by Gasteiger charge is -2.35. The third kappa shape index (κ3) is 3.71. The van der Waals surface area contributed by atoms with Gasteiger partial charge < -0.3 is 5.11 Å². The Bertz CT molecular complexity index is 301. The number of aliphatic hydroxyl groups is 1. The summed E-state index contributed by atoms with van der Waals surface area (Å²) in [4.78, 5) is 0. The molecule has 5 nitrogen and oxygen atoms in total. The van der Waals surface area contributed by atoms with Gasteiger partial charge in [-0.25, -0.2) is 0 Å². The Morgan fingerprint density at radius 2 is 1.80 bits per heavy atom. The zero-order valence-electron chi connectivity index (χ0n) is 9.52. The molecule has 1 heterocycles. The Labute approximate surface area is 91.7 Å². The smallest absolute Gasteiger partial charge is 0.279 e. The second-order valence-corrected chi connectivity index (χ2v) is 6.38. The topological polar surface area (TPSA) is 69.6 Å². The monoisotopic (exact) mass is 236 g/mol. The van der Waals surface area contributed by atoms with E-state index in [1.807, 2.05) is 0 Å². The summed E-state index contributed by atoms with van der Waals surface area (Å²) in [5.74, 6) is 0. The molecule has 0 radical (unpaired) electrons. The Balaban J connectivity index is 2.60. The minimum Gasteiger partial charge on any atom is -0.390 e. The largest absolute Gasteiger partial charge is 0.390 e. The molecule has 2 N–H and O–H groups in total. The van der Waals surface area contributed by atoms with Gasteiger partial charge in [-0.15, -0.1) is 0 Å². The van der Waals surface area contributed by atoms with Gasteiger partial charge in [0.15, 0.2) is 0 Å². The molecule has 0 saturated carbocycles. The minimum absolute atomic E-state index is 0.0996. The molecule has 1 aliphatic rings. The fraction of sp³-hybridized carbons (Fsp3) is 1.00. The van der Waals surface area contributed by atoms with Gasteiger partial charge in [-0.1, -0.05) is 0 Å². The molecule has 0 unspecified atom stereocenters. The molecule has 6 heteroatoms. The Morgan fingerprint density at radius 1 is 1.33 bits per heavy atom. The van der Waals surface area contributed by atoms with Crippen LogP contribution in [0.4, 0.5) is 0 Å². The van der Waals surface area contributed by atoms with Crippen molar-refractivity contribution in [3.05, 3.63) is 0 Å². The van der Waals surface area contributed by atoms with E-state index in [-0.39, 0.29) is 6.04 Å². The first kappa shape index (κ1) is 12.9. The first-order valence-corrected chi connectivity index (χ1v) is 6.67. The van der Waals surface area contributed by atoms with Gasteiger partial charge in [0.25, 0.3) is 10.2 Å². The van der Waals surface area contributed by atoms with Crippen LogP contribution in [0.15, 0.2) is 0 Å². The van der Waals surface area contributed by atoms with Crippen molar-refractivity contribution in [3.8, 4) is 0 Å². The SMILES string of the molecule is CC(C)NS(=O)(=O)N1CCC(C)(O)CC1. The van der Waals surface area contributed by atoms with Crippen molar-refractivity contribution in [2.75, 3.05) is 13.1 Å². The molecule has 1 rings (SSSR count). The lowest BCUT2D eigenvalue weighted by atomic mass is 9.95. The molecule has 0 aromatic heterocycles. The summed E-state index contributed by atoms with van der Waals surface area (Å²) in [5, 5.41) is 9.70. The maximum atomic E-state index is 11.7. The molecule has 0 bridgehead atoms. The summed E-state index contributed by atoms with van der Waals surface area (Å²) < 4.78 is 27.4. The van der Waals surface area contributed by atoms with Crippen LogP contribution in [0.2, 0.25) is 0 Å². The number of hydrogen-bond donors (Lipinski definition) is 2. The summed E-state index contributed by atoms with van der Waals surface area (Å²) >= 11 is 0. The van der Waals surface area contributed by atoms with Crippen molar-refractivity contribution in [2.45, 2.75) is 45.3 Å². The molecule has 0 aliphatic carbocycles. The Kier molecular flexibility index (Phi) is 3.76. The molecule has 90 valence electrons. The summed E-state index contributed by atoms with van der Waals surface area (Å²) in [6, 6.07) is -0.0996. The summed E-state index contributed by atoms with van der Waals surface area (Å²) in [6.45, 7) is 6.09. The predicted octanol–water partition coefficient (Wildman–Crippen LogP) is 0.0760. The first-order chi connectivity index (χ1) is 6.73. The molecule has 0 amide bonds. The lowest BCUT2D eigenvalue weighted by molar-refractivity contribution is 0.0123. The van der Waals surface area contributed by atoms with E-state index in [4.69, 9.17) is 0 Å². The summed E-state index contributed by atoms with van der Waals surface area (Å²) in [7, 11) is -3.36. The Hall–Kier alpha value is -0.170. The van der Waals surface area contributed by atoms with Gasteiger partial charge in [0.05, 0.1) is 5.60 Å². The van der Waals surface area contributed by atoms with E-state index in [2.05, 4.69) is 4.72 Å². The molecular formula is C9H20N2O3S. The van der Waals surface area contributed by atoms with Gasteiger partial charge in [-0.05, 0) is 33.6 Å². The van der Waals surface area contributed by atoms with Crippen molar-refractivity contribution >= 4 is 10.2 Å². The van der Waals surface area contributed by atoms with Gasteiger partial charge >= 0.3 is 0 Å². The van der Waals surface area contributed by atoms with Crippen LogP contribution in [0.25, 0.3) is 0 Å². The summed E-state index contributed by atoms with van der Waals surface area (Å²) in [5.41, 5.74) is -0.718. The lowest BCUT2D eigenvalue weighted by Crippen LogP contribution is -2.50. The van der Waals surface area contributed by atoms with E-state index in [1.54, 1.807) is 20.8 Å². The third-order valence-electron chi connectivity index (χ3n) is 2.52. The molecule has 0 aromatic carbocycles. The van der Waals surface area contributed by atoms with Crippen molar-refractivity contribution in [2.24, 2.45) is 0 Å². The number of rotatable bonds is 3. The van der Waals surface area contributed by atoms with Gasteiger partial charge in [0, 0.05) is 19.1 Å². The molecule has 1 saturated heterocycles. The van der Waals surface area contributed by atoms with E-state index in [0.29, 0.717) is 25.9 Å². The normalized spacial score (nSPS) is 23.3. The molecular weight excluding hydrogens is 216 g/mol. The van der Waals surface area contributed by atoms with Crippen molar-refractivity contribution in [1.82, 2.24) is 9.03 Å². The predicted molar refractivity (Wildman–Crippen MR) is 58.6 cm³/mol. The Morgan fingerprint density at radius 3 is 2.20 bits per heavy atom. The second kappa shape index (κ2) is 4.37. The minimum atomic E-state index is -3.36. The second-order valence-electron chi connectivity index (χ2n) is 4.67. The van der Waals surface area contributed by atoms with Crippen LogP contribution in [0, 0.1) is 0 Å². The van der Waals surface area contributed by atoms with Gasteiger partial charge in [-0.2, -0.15) is 17.4 Å². The zero-order valence-corrected chi connectivity index (χ0v) is 10.3. The molecule has 1 fully saturated rings. The number of nitrogens with zero attached hydrogens (tertiary/aromatic N) is 1. The fourth-order valence-electron chi connectivity index (χ4n) is 1.58. The van der Waals surface area contributed by atoms with Crippen LogP contribution in [-0.4, -0.2) is 42.6 Å². The molecule has 0 spiro atoms. The van der Waals surface area contributed by atoms with Crippen LogP contribution < -0.4 is 4.72 Å². The van der Waals surface area contributed by atoms with Crippen molar-refractivity contribution in [1.29, 1.82) is 0 Å². The highest BCUT2D eigenvalue weighted by molar-refractivity contribution is 7.87. The number of piperidine rings is 1. The van der Waals surface area contributed by atoms with Gasteiger partial charge in [0.1, 0.15) is 0 Å². The van der Waals surface area contributed by atoms with E-state index >= 15 is 0 Å². The highest BCUT2D eigenvalue weighted by atomic mass is 32.2. The van der Waals surface area contributed by atoms with E-state index in [9.17, 15) is 13.5 Å². The zero-order chi connectivity index (χ0) is 11.7. The van der Waals surface area contributed by atoms with Crippen molar-refractivity contribution < 1.29 is 13.5 Å². The average Bonchev–Trinajstić information content (AvgIpc) is 2.00. The molecule has 0 aromatic rings. The molecule has 0 atom stereocenters. The standard InChI is InChI=1S/C9H20N2O3S/c1-8(2)10-15(13,14)11-6-4-9(3,12)5-7-11/h8,10,12H,4-7H2,1-3H3. The first-order valence-electron chi connectivity index (χ1n) is 5.23. The van der Waals surface area contributed by atoms with E-state index in [0.717, 1.165) is 0 Å². The highest BCUT2D eigenvalue weighted by Crippen LogP contribution is 2.22. The maximum Gasteiger partial charge on any atom is 0.279 e. The van der Waals surface area contributed by atoms with Crippen LogP contribution in [0.1, 0.15) is 33.6 Å². The fourth-order valence-corrected chi connectivity index (χ4v) is 2.99. The van der Waals surface area contributed by atoms with Gasteiger partial charge in [0.2, 0.25) is 0 Å².